The predicted molar refractivity (Wildman–Crippen MR) is 172 cm³/mol. The molecular formula is C31H43Cl3F6N4O. The first kappa shape index (κ1) is 41.3. The summed E-state index contributed by atoms with van der Waals surface area (Å²) in [7, 11) is 0. The number of carbonyl (C=O) groups is 1. The second kappa shape index (κ2) is 18.0. The van der Waals surface area contributed by atoms with Crippen molar-refractivity contribution in [1.29, 1.82) is 0 Å². The molecule has 5 nitrogen and oxygen atoms in total. The fourth-order valence-electron chi connectivity index (χ4n) is 5.84. The van der Waals surface area contributed by atoms with Gasteiger partial charge in [0.05, 0.1) is 11.1 Å². The summed E-state index contributed by atoms with van der Waals surface area (Å²) >= 11 is 0. The van der Waals surface area contributed by atoms with E-state index >= 15 is 0 Å². The number of piperidine rings is 1. The number of alkyl halides is 6. The van der Waals surface area contributed by atoms with Crippen molar-refractivity contribution in [3.05, 3.63) is 69.8 Å². The highest BCUT2D eigenvalue weighted by Gasteiger charge is 2.39. The van der Waals surface area contributed by atoms with Gasteiger partial charge >= 0.3 is 12.4 Å². The van der Waals surface area contributed by atoms with Crippen molar-refractivity contribution in [3.63, 3.8) is 0 Å². The second-order valence-corrected chi connectivity index (χ2v) is 11.6. The van der Waals surface area contributed by atoms with Crippen molar-refractivity contribution in [2.45, 2.75) is 57.9 Å². The Bertz CT molecular complexity index is 1190. The van der Waals surface area contributed by atoms with Gasteiger partial charge in [-0.3, -0.25) is 9.69 Å². The Morgan fingerprint density at radius 3 is 2.18 bits per heavy atom. The number of carbonyl (C=O) groups excluding carboxylic acids is 1. The van der Waals surface area contributed by atoms with E-state index in [1.54, 1.807) is 0 Å². The molecule has 0 saturated carbocycles. The lowest BCUT2D eigenvalue weighted by Crippen LogP contribution is -2.56. The van der Waals surface area contributed by atoms with E-state index < -0.39 is 41.0 Å². The quantitative estimate of drug-likeness (QED) is 0.219. The van der Waals surface area contributed by atoms with Gasteiger partial charge in [-0.25, -0.2) is 0 Å². The van der Waals surface area contributed by atoms with E-state index in [2.05, 4.69) is 15.5 Å². The molecule has 4 rings (SSSR count). The number of hydrogen-bond acceptors (Lipinski definition) is 4. The average molecular weight is 708 g/mol. The highest BCUT2D eigenvalue weighted by molar-refractivity contribution is 5.95. The molecule has 2 saturated heterocycles. The molecule has 0 spiro atoms. The number of nitrogens with one attached hydrogen (secondary N) is 2. The molecule has 0 bridgehead atoms. The molecule has 2 atom stereocenters. The summed E-state index contributed by atoms with van der Waals surface area (Å²) in [6, 6.07) is 6.67. The van der Waals surface area contributed by atoms with Crippen LogP contribution in [-0.4, -0.2) is 74.1 Å². The van der Waals surface area contributed by atoms with Gasteiger partial charge in [-0.1, -0.05) is 18.2 Å². The molecule has 0 aliphatic carbocycles. The number of nitrogens with zero attached hydrogens (tertiary/aromatic N) is 2. The molecule has 2 aliphatic heterocycles. The average Bonchev–Trinajstić information content (AvgIpc) is 2.94. The van der Waals surface area contributed by atoms with Gasteiger partial charge < -0.3 is 15.5 Å². The number of benzene rings is 2. The molecule has 14 heteroatoms. The van der Waals surface area contributed by atoms with Gasteiger partial charge in [-0.05, 0) is 113 Å². The molecule has 1 amide bonds. The first-order chi connectivity index (χ1) is 19.8. The van der Waals surface area contributed by atoms with Crippen LogP contribution in [0.2, 0.25) is 0 Å². The summed E-state index contributed by atoms with van der Waals surface area (Å²) in [6.45, 7) is 9.85. The Balaban J connectivity index is 0.00000337. The number of piperazine rings is 1. The normalized spacial score (nSPS) is 19.2. The lowest BCUT2D eigenvalue weighted by molar-refractivity contribution is -0.143. The standard InChI is InChI=1S/C31H40F6N4O.3ClH/c1-21-6-7-23(13-22(21)2)14-28-20-40(10-4-9-39-19-24-5-3-8-38-18-24)11-12-41(28)29(42)25-15-26(30(32,33)34)17-27(16-25)31(35,36)37;;;/h6-7,13,15-17,24,28,38-39H,3-5,8-12,14,18-20H2,1-2H3;3*1H/t24?,28-;;;/m1.../s1. The molecule has 45 heavy (non-hydrogen) atoms. The zero-order valence-corrected chi connectivity index (χ0v) is 27.8. The Hall–Kier alpha value is -1.76. The van der Waals surface area contributed by atoms with Crippen molar-refractivity contribution in [3.8, 4) is 0 Å². The number of rotatable bonds is 9. The Labute approximate surface area is 280 Å². The zero-order chi connectivity index (χ0) is 30.5. The zero-order valence-electron chi connectivity index (χ0n) is 25.4. The van der Waals surface area contributed by atoms with Gasteiger partial charge in [-0.15, -0.1) is 37.2 Å². The molecule has 2 aromatic carbocycles. The lowest BCUT2D eigenvalue weighted by atomic mass is 9.97. The maximum absolute atomic E-state index is 13.6. The monoisotopic (exact) mass is 706 g/mol. The largest absolute Gasteiger partial charge is 0.416 e. The van der Waals surface area contributed by atoms with Crippen molar-refractivity contribution in [1.82, 2.24) is 20.4 Å². The number of aryl methyl sites for hydroxylation is 2. The number of amides is 1. The molecule has 2 N–H and O–H groups in total. The van der Waals surface area contributed by atoms with Crippen LogP contribution in [0.25, 0.3) is 0 Å². The van der Waals surface area contributed by atoms with Gasteiger partial charge in [-0.2, -0.15) is 26.3 Å². The molecule has 2 aliphatic rings. The van der Waals surface area contributed by atoms with E-state index in [-0.39, 0.29) is 49.8 Å². The van der Waals surface area contributed by atoms with E-state index in [0.29, 0.717) is 37.6 Å². The third-order valence-corrected chi connectivity index (χ3v) is 8.36. The smallest absolute Gasteiger partial charge is 0.333 e. The minimum atomic E-state index is -5.02. The van der Waals surface area contributed by atoms with Crippen LogP contribution in [-0.2, 0) is 18.8 Å². The fourth-order valence-corrected chi connectivity index (χ4v) is 5.84. The van der Waals surface area contributed by atoms with Crippen LogP contribution in [0.3, 0.4) is 0 Å². The van der Waals surface area contributed by atoms with Crippen molar-refractivity contribution < 1.29 is 31.1 Å². The Morgan fingerprint density at radius 1 is 0.933 bits per heavy atom. The van der Waals surface area contributed by atoms with E-state index in [1.807, 2.05) is 32.0 Å². The van der Waals surface area contributed by atoms with Crippen molar-refractivity contribution in [2.75, 3.05) is 52.4 Å². The molecule has 1 unspecified atom stereocenters. The van der Waals surface area contributed by atoms with Gasteiger partial charge in [0, 0.05) is 31.2 Å². The predicted octanol–water partition coefficient (Wildman–Crippen LogP) is 6.95. The number of halogens is 9. The van der Waals surface area contributed by atoms with Crippen LogP contribution >= 0.6 is 37.2 Å². The van der Waals surface area contributed by atoms with Crippen molar-refractivity contribution >= 4 is 43.1 Å². The van der Waals surface area contributed by atoms with E-state index in [4.69, 9.17) is 0 Å². The highest BCUT2D eigenvalue weighted by atomic mass is 35.5. The highest BCUT2D eigenvalue weighted by Crippen LogP contribution is 2.37. The minimum Gasteiger partial charge on any atom is -0.333 e. The topological polar surface area (TPSA) is 47.6 Å². The second-order valence-electron chi connectivity index (χ2n) is 11.6. The van der Waals surface area contributed by atoms with Crippen LogP contribution in [0.1, 0.15) is 57.4 Å². The first-order valence-electron chi connectivity index (χ1n) is 14.6. The van der Waals surface area contributed by atoms with Crippen molar-refractivity contribution in [2.24, 2.45) is 5.92 Å². The molecule has 2 fully saturated rings. The molecule has 256 valence electrons. The SMILES string of the molecule is Cc1ccc(C[C@@H]2CN(CCCNCC3CCCNC3)CCN2C(=O)c2cc(C(F)(F)F)cc(C(F)(F)F)c2)cc1C.Cl.Cl.Cl. The van der Waals surface area contributed by atoms with Crippen LogP contribution in [0.4, 0.5) is 26.3 Å². The van der Waals surface area contributed by atoms with E-state index in [9.17, 15) is 31.1 Å². The first-order valence-corrected chi connectivity index (χ1v) is 14.6. The Kier molecular flexibility index (Phi) is 16.5. The van der Waals surface area contributed by atoms with Crippen LogP contribution < -0.4 is 10.6 Å². The van der Waals surface area contributed by atoms with Crippen LogP contribution in [0.5, 0.6) is 0 Å². The molecule has 0 aromatic heterocycles. The van der Waals surface area contributed by atoms with Gasteiger partial charge in [0.2, 0.25) is 0 Å². The maximum atomic E-state index is 13.6. The van der Waals surface area contributed by atoms with Crippen LogP contribution in [0.15, 0.2) is 36.4 Å². The molecule has 2 heterocycles. The molecule has 0 radical (unpaired) electrons. The fraction of sp³-hybridized carbons (Fsp3) is 0.581. The summed E-state index contributed by atoms with van der Waals surface area (Å²) < 4.78 is 81.0. The van der Waals surface area contributed by atoms with Gasteiger partial charge in [0.1, 0.15) is 0 Å². The van der Waals surface area contributed by atoms with Gasteiger partial charge in [0.25, 0.3) is 5.91 Å². The number of hydrogen-bond donors (Lipinski definition) is 2. The summed E-state index contributed by atoms with van der Waals surface area (Å²) in [5.41, 5.74) is -0.423. The third kappa shape index (κ3) is 11.8. The van der Waals surface area contributed by atoms with Crippen LogP contribution in [0, 0.1) is 19.8 Å². The summed E-state index contributed by atoms with van der Waals surface area (Å²) in [5.74, 6) is -0.188. The summed E-state index contributed by atoms with van der Waals surface area (Å²) in [6.07, 6.45) is -6.29. The summed E-state index contributed by atoms with van der Waals surface area (Å²) in [4.78, 5) is 17.3. The Morgan fingerprint density at radius 2 is 1.60 bits per heavy atom. The third-order valence-electron chi connectivity index (χ3n) is 8.36. The minimum absolute atomic E-state index is 0. The van der Waals surface area contributed by atoms with E-state index in [1.165, 1.54) is 17.7 Å². The van der Waals surface area contributed by atoms with E-state index in [0.717, 1.165) is 55.8 Å². The van der Waals surface area contributed by atoms with Gasteiger partial charge in [0.15, 0.2) is 0 Å². The maximum Gasteiger partial charge on any atom is 0.416 e. The lowest BCUT2D eigenvalue weighted by Gasteiger charge is -2.42. The molecular weight excluding hydrogens is 665 g/mol. The molecule has 2 aromatic rings. The summed E-state index contributed by atoms with van der Waals surface area (Å²) in [5, 5.41) is 6.94.